The quantitative estimate of drug-likeness (QED) is 0.750. The lowest BCUT2D eigenvalue weighted by atomic mass is 10.1. The van der Waals surface area contributed by atoms with Crippen molar-refractivity contribution in [2.75, 3.05) is 0 Å². The molecule has 8 heteroatoms. The van der Waals surface area contributed by atoms with Crippen molar-refractivity contribution < 1.29 is 18.0 Å². The van der Waals surface area contributed by atoms with Crippen LogP contribution < -0.4 is 10.9 Å². The summed E-state index contributed by atoms with van der Waals surface area (Å²) >= 11 is 0. The smallest absolute Gasteiger partial charge is 0.270 e. The molecule has 134 valence electrons. The van der Waals surface area contributed by atoms with Gasteiger partial charge in [0.25, 0.3) is 5.56 Å². The minimum Gasteiger partial charge on any atom is -0.351 e. The highest BCUT2D eigenvalue weighted by molar-refractivity contribution is 5.83. The molecule has 0 bridgehead atoms. The highest BCUT2D eigenvalue weighted by Crippen LogP contribution is 2.16. The molecule has 3 aromatic rings. The normalized spacial score (nSPS) is 12.2. The summed E-state index contributed by atoms with van der Waals surface area (Å²) < 4.78 is 40.4. The average Bonchev–Trinajstić information content (AvgIpc) is 2.60. The zero-order valence-electron chi connectivity index (χ0n) is 13.6. The summed E-state index contributed by atoms with van der Waals surface area (Å²) in [6, 6.07) is 7.13. The Balaban J connectivity index is 1.82. The summed E-state index contributed by atoms with van der Waals surface area (Å²) in [6.45, 7) is 1.25. The molecule has 1 heterocycles. The van der Waals surface area contributed by atoms with Gasteiger partial charge in [-0.1, -0.05) is 12.1 Å². The first-order valence-corrected chi connectivity index (χ1v) is 7.77. The number of para-hydroxylation sites is 1. The van der Waals surface area contributed by atoms with E-state index < -0.39 is 34.8 Å². The fraction of sp³-hybridized carbons (Fsp3) is 0.167. The van der Waals surface area contributed by atoms with Gasteiger partial charge in [-0.2, -0.15) is 0 Å². The van der Waals surface area contributed by atoms with E-state index in [1.54, 1.807) is 0 Å². The van der Waals surface area contributed by atoms with Gasteiger partial charge in [0.2, 0.25) is 5.91 Å². The van der Waals surface area contributed by atoms with Crippen LogP contribution in [0.5, 0.6) is 0 Å². The van der Waals surface area contributed by atoms with Crippen molar-refractivity contribution >= 4 is 16.9 Å². The Labute approximate surface area is 145 Å². The Morgan fingerprint density at radius 3 is 2.69 bits per heavy atom. The van der Waals surface area contributed by atoms with Gasteiger partial charge < -0.3 is 10.3 Å². The van der Waals surface area contributed by atoms with E-state index in [-0.39, 0.29) is 28.8 Å². The molecule has 1 aromatic heterocycles. The maximum absolute atomic E-state index is 13.9. The first-order chi connectivity index (χ1) is 12.4. The van der Waals surface area contributed by atoms with Crippen LogP contribution in [0.15, 0.2) is 41.2 Å². The lowest BCUT2D eigenvalue weighted by Crippen LogP contribution is -2.32. The molecule has 1 unspecified atom stereocenters. The SMILES string of the molecule is CC(C(=O)NCc1ccc(F)cc1F)c1nc2c(F)cccc2[nH]c1=O. The number of halogens is 3. The second kappa shape index (κ2) is 6.99. The number of aromatic amines is 1. The molecule has 3 rings (SSSR count). The van der Waals surface area contributed by atoms with E-state index in [0.29, 0.717) is 6.07 Å². The zero-order chi connectivity index (χ0) is 18.8. The van der Waals surface area contributed by atoms with Crippen LogP contribution in [0.1, 0.15) is 24.1 Å². The Hall–Kier alpha value is -3.16. The van der Waals surface area contributed by atoms with Crippen molar-refractivity contribution in [1.82, 2.24) is 15.3 Å². The molecule has 0 saturated carbocycles. The third-order valence-corrected chi connectivity index (χ3v) is 3.97. The lowest BCUT2D eigenvalue weighted by Gasteiger charge is -2.12. The van der Waals surface area contributed by atoms with Crippen molar-refractivity contribution in [3.05, 3.63) is 75.5 Å². The van der Waals surface area contributed by atoms with Crippen molar-refractivity contribution in [2.45, 2.75) is 19.4 Å². The van der Waals surface area contributed by atoms with Gasteiger partial charge in [-0.3, -0.25) is 9.59 Å². The number of carbonyl (C=O) groups is 1. The van der Waals surface area contributed by atoms with E-state index in [1.807, 2.05) is 0 Å². The van der Waals surface area contributed by atoms with Crippen LogP contribution in [0.4, 0.5) is 13.2 Å². The van der Waals surface area contributed by atoms with Crippen LogP contribution >= 0.6 is 0 Å². The second-order valence-corrected chi connectivity index (χ2v) is 5.76. The van der Waals surface area contributed by atoms with Crippen LogP contribution in [0.2, 0.25) is 0 Å². The molecule has 0 spiro atoms. The van der Waals surface area contributed by atoms with Gasteiger partial charge in [-0.05, 0) is 25.1 Å². The first kappa shape index (κ1) is 17.7. The van der Waals surface area contributed by atoms with Crippen LogP contribution in [-0.4, -0.2) is 15.9 Å². The minimum absolute atomic E-state index is 0.0497. The number of nitrogens with zero attached hydrogens (tertiary/aromatic N) is 1. The number of carbonyl (C=O) groups excluding carboxylic acids is 1. The van der Waals surface area contributed by atoms with Crippen LogP contribution in [-0.2, 0) is 11.3 Å². The molecule has 2 N–H and O–H groups in total. The number of hydrogen-bond acceptors (Lipinski definition) is 3. The molecule has 26 heavy (non-hydrogen) atoms. The number of H-pyrrole nitrogens is 1. The van der Waals surface area contributed by atoms with Gasteiger partial charge in [-0.15, -0.1) is 0 Å². The van der Waals surface area contributed by atoms with Crippen LogP contribution in [0, 0.1) is 17.5 Å². The molecular weight excluding hydrogens is 347 g/mol. The highest BCUT2D eigenvalue weighted by atomic mass is 19.1. The molecule has 0 aliphatic heterocycles. The minimum atomic E-state index is -0.994. The fourth-order valence-corrected chi connectivity index (χ4v) is 2.51. The molecule has 0 fully saturated rings. The summed E-state index contributed by atoms with van der Waals surface area (Å²) in [4.78, 5) is 30.9. The summed E-state index contributed by atoms with van der Waals surface area (Å²) in [5.74, 6) is -3.73. The predicted octanol–water partition coefficient (Wildman–Crippen LogP) is 2.76. The van der Waals surface area contributed by atoms with Crippen LogP contribution in [0.3, 0.4) is 0 Å². The van der Waals surface area contributed by atoms with Gasteiger partial charge in [0.05, 0.1) is 11.4 Å². The number of amides is 1. The molecule has 1 amide bonds. The maximum Gasteiger partial charge on any atom is 0.270 e. The lowest BCUT2D eigenvalue weighted by molar-refractivity contribution is -0.122. The van der Waals surface area contributed by atoms with E-state index in [2.05, 4.69) is 15.3 Å². The largest absolute Gasteiger partial charge is 0.351 e. The van der Waals surface area contributed by atoms with Crippen molar-refractivity contribution in [2.24, 2.45) is 0 Å². The number of hydrogen-bond donors (Lipinski definition) is 2. The van der Waals surface area contributed by atoms with Gasteiger partial charge in [0, 0.05) is 18.2 Å². The molecular formula is C18H14F3N3O2. The summed E-state index contributed by atoms with van der Waals surface area (Å²) in [7, 11) is 0. The summed E-state index contributed by atoms with van der Waals surface area (Å²) in [5, 5.41) is 2.46. The van der Waals surface area contributed by atoms with Gasteiger partial charge in [-0.25, -0.2) is 18.2 Å². The molecule has 0 aliphatic carbocycles. The van der Waals surface area contributed by atoms with E-state index in [9.17, 15) is 22.8 Å². The average molecular weight is 361 g/mol. The van der Waals surface area contributed by atoms with E-state index in [1.165, 1.54) is 31.2 Å². The van der Waals surface area contributed by atoms with Crippen LogP contribution in [0.25, 0.3) is 11.0 Å². The molecule has 0 saturated heterocycles. The van der Waals surface area contributed by atoms with Gasteiger partial charge in [0.1, 0.15) is 22.8 Å². The molecule has 5 nitrogen and oxygen atoms in total. The summed E-state index contributed by atoms with van der Waals surface area (Å²) in [6.07, 6.45) is 0. The maximum atomic E-state index is 13.9. The van der Waals surface area contributed by atoms with Gasteiger partial charge >= 0.3 is 0 Å². The summed E-state index contributed by atoms with van der Waals surface area (Å²) in [5.41, 5.74) is -0.497. The van der Waals surface area contributed by atoms with Crippen molar-refractivity contribution in [1.29, 1.82) is 0 Å². The van der Waals surface area contributed by atoms with Gasteiger partial charge in [0.15, 0.2) is 5.82 Å². The molecule has 0 radical (unpaired) electrons. The number of fused-ring (bicyclic) bond motifs is 1. The predicted molar refractivity (Wildman–Crippen MR) is 88.9 cm³/mol. The monoisotopic (exact) mass is 361 g/mol. The molecule has 0 aliphatic rings. The zero-order valence-corrected chi connectivity index (χ0v) is 13.6. The Kier molecular flexibility index (Phi) is 4.75. The molecule has 2 aromatic carbocycles. The van der Waals surface area contributed by atoms with Crippen molar-refractivity contribution in [3.63, 3.8) is 0 Å². The number of benzene rings is 2. The first-order valence-electron chi connectivity index (χ1n) is 7.77. The van der Waals surface area contributed by atoms with E-state index in [0.717, 1.165) is 6.07 Å². The van der Waals surface area contributed by atoms with E-state index >= 15 is 0 Å². The Bertz CT molecular complexity index is 1050. The third-order valence-electron chi connectivity index (χ3n) is 3.97. The number of aromatic nitrogens is 2. The standard InChI is InChI=1S/C18H14F3N3O2/c1-9(17(25)22-8-10-5-6-11(19)7-13(10)21)15-18(26)23-14-4-2-3-12(20)16(14)24-15/h2-7,9H,8H2,1H3,(H,22,25)(H,23,26). The highest BCUT2D eigenvalue weighted by Gasteiger charge is 2.21. The number of rotatable bonds is 4. The second-order valence-electron chi connectivity index (χ2n) is 5.76. The van der Waals surface area contributed by atoms with Crippen molar-refractivity contribution in [3.8, 4) is 0 Å². The van der Waals surface area contributed by atoms with E-state index in [4.69, 9.17) is 0 Å². The Morgan fingerprint density at radius 1 is 1.19 bits per heavy atom. The third kappa shape index (κ3) is 3.44. The molecule has 1 atom stereocenters. The number of nitrogens with one attached hydrogen (secondary N) is 2. The topological polar surface area (TPSA) is 74.8 Å². The Morgan fingerprint density at radius 2 is 1.96 bits per heavy atom. The fourth-order valence-electron chi connectivity index (χ4n) is 2.51.